The molecule has 1 aliphatic rings. The lowest BCUT2D eigenvalue weighted by atomic mass is 9.78. The molecule has 4 rings (SSSR count). The number of allylic oxidation sites excluding steroid dienone is 2. The van der Waals surface area contributed by atoms with Gasteiger partial charge in [-0.3, -0.25) is 4.72 Å². The van der Waals surface area contributed by atoms with E-state index in [0.29, 0.717) is 23.5 Å². The summed E-state index contributed by atoms with van der Waals surface area (Å²) in [5, 5.41) is 3.94. The highest BCUT2D eigenvalue weighted by molar-refractivity contribution is 7.89. The van der Waals surface area contributed by atoms with E-state index in [0.717, 1.165) is 33.4 Å². The molecule has 3 aromatic carbocycles. The Labute approximate surface area is 230 Å². The minimum atomic E-state index is -3.92. The molecule has 1 N–H and O–H groups in total. The Morgan fingerprint density at radius 1 is 1.10 bits per heavy atom. The van der Waals surface area contributed by atoms with Crippen LogP contribution in [0.1, 0.15) is 60.4 Å². The summed E-state index contributed by atoms with van der Waals surface area (Å²) in [4.78, 5) is 5.16. The second-order valence-electron chi connectivity index (χ2n) is 10.7. The number of rotatable bonds is 8. The van der Waals surface area contributed by atoms with Crippen LogP contribution in [-0.2, 0) is 23.0 Å². The molecule has 0 fully saturated rings. The van der Waals surface area contributed by atoms with Gasteiger partial charge in [-0.2, -0.15) is 0 Å². The van der Waals surface area contributed by atoms with Crippen molar-refractivity contribution in [2.45, 2.75) is 57.4 Å². The van der Waals surface area contributed by atoms with Gasteiger partial charge in [0.1, 0.15) is 5.82 Å². The minimum Gasteiger partial charge on any atom is -0.305 e. The number of nitrogens with one attached hydrogen (secondary N) is 1. The first-order valence-corrected chi connectivity index (χ1v) is 14.4. The van der Waals surface area contributed by atoms with Crippen LogP contribution >= 0.6 is 0 Å². The van der Waals surface area contributed by atoms with E-state index in [1.54, 1.807) is 37.3 Å². The van der Waals surface area contributed by atoms with Gasteiger partial charge >= 0.3 is 0 Å². The van der Waals surface area contributed by atoms with Gasteiger partial charge in [0.2, 0.25) is 0 Å². The lowest BCUT2D eigenvalue weighted by Crippen LogP contribution is -2.29. The average molecular weight is 548 g/mol. The van der Waals surface area contributed by atoms with Crippen LogP contribution in [0, 0.1) is 12.7 Å². The molecule has 1 aliphatic carbocycles. The van der Waals surface area contributed by atoms with Gasteiger partial charge in [-0.1, -0.05) is 62.3 Å². The van der Waals surface area contributed by atoms with Crippen molar-refractivity contribution in [3.05, 3.63) is 110 Å². The normalized spacial score (nSPS) is 15.4. The summed E-state index contributed by atoms with van der Waals surface area (Å²) in [5.74, 6) is -0.521. The SMILES string of the molecule is Cc1ccc(-c2cc(C(C)C)c3c(c2)C(C)C(N=[N+]=[N-])=C(NS(=O)(=O)c2ccc(CN(C)C)cc2)C3)cc1F. The maximum atomic E-state index is 14.4. The smallest absolute Gasteiger partial charge is 0.261 e. The highest BCUT2D eigenvalue weighted by Crippen LogP contribution is 2.42. The molecule has 0 amide bonds. The largest absolute Gasteiger partial charge is 0.305 e. The fraction of sp³-hybridized carbons (Fsp3) is 0.333. The zero-order chi connectivity index (χ0) is 28.5. The molecule has 0 spiro atoms. The Morgan fingerprint density at radius 2 is 1.79 bits per heavy atom. The van der Waals surface area contributed by atoms with Crippen LogP contribution in [0.3, 0.4) is 0 Å². The molecular weight excluding hydrogens is 513 g/mol. The molecule has 0 saturated carbocycles. The molecule has 7 nitrogen and oxygen atoms in total. The number of azide groups is 1. The van der Waals surface area contributed by atoms with Crippen LogP contribution in [0.15, 0.2) is 76.0 Å². The number of aryl methyl sites for hydroxylation is 1. The summed E-state index contributed by atoms with van der Waals surface area (Å²) >= 11 is 0. The summed E-state index contributed by atoms with van der Waals surface area (Å²) < 4.78 is 43.9. The third-order valence-electron chi connectivity index (χ3n) is 7.13. The summed E-state index contributed by atoms with van der Waals surface area (Å²) in [7, 11) is -0.0222. The third-order valence-corrected chi connectivity index (χ3v) is 8.54. The van der Waals surface area contributed by atoms with Crippen molar-refractivity contribution < 1.29 is 12.8 Å². The van der Waals surface area contributed by atoms with E-state index in [9.17, 15) is 18.3 Å². The predicted octanol–water partition coefficient (Wildman–Crippen LogP) is 7.15. The van der Waals surface area contributed by atoms with Gasteiger partial charge in [0.25, 0.3) is 10.0 Å². The van der Waals surface area contributed by atoms with Crippen LogP contribution in [-0.4, -0.2) is 27.4 Å². The zero-order valence-corrected chi connectivity index (χ0v) is 24.0. The van der Waals surface area contributed by atoms with E-state index in [1.165, 1.54) is 6.07 Å². The molecule has 204 valence electrons. The van der Waals surface area contributed by atoms with Crippen molar-refractivity contribution >= 4 is 10.0 Å². The monoisotopic (exact) mass is 547 g/mol. The molecular formula is C30H34FN5O2S. The van der Waals surface area contributed by atoms with E-state index in [-0.39, 0.29) is 29.0 Å². The van der Waals surface area contributed by atoms with Crippen molar-refractivity contribution in [1.82, 2.24) is 9.62 Å². The van der Waals surface area contributed by atoms with Crippen molar-refractivity contribution in [3.8, 4) is 11.1 Å². The van der Waals surface area contributed by atoms with Crippen molar-refractivity contribution in [3.63, 3.8) is 0 Å². The van der Waals surface area contributed by atoms with E-state index in [2.05, 4.69) is 34.7 Å². The first kappa shape index (κ1) is 28.4. The van der Waals surface area contributed by atoms with Crippen LogP contribution < -0.4 is 4.72 Å². The van der Waals surface area contributed by atoms with Gasteiger partial charge < -0.3 is 4.90 Å². The topological polar surface area (TPSA) is 98.2 Å². The van der Waals surface area contributed by atoms with Crippen LogP contribution in [0.5, 0.6) is 0 Å². The summed E-state index contributed by atoms with van der Waals surface area (Å²) in [5.41, 5.74) is 16.2. The Balaban J connectivity index is 1.77. The quantitative estimate of drug-likeness (QED) is 0.184. The van der Waals surface area contributed by atoms with Crippen LogP contribution in [0.2, 0.25) is 0 Å². The maximum Gasteiger partial charge on any atom is 0.261 e. The summed E-state index contributed by atoms with van der Waals surface area (Å²) in [6, 6.07) is 16.0. The van der Waals surface area contributed by atoms with E-state index in [4.69, 9.17) is 0 Å². The van der Waals surface area contributed by atoms with Gasteiger partial charge in [-0.05, 0) is 89.6 Å². The number of nitrogens with zero attached hydrogens (tertiary/aromatic N) is 4. The molecule has 1 unspecified atom stereocenters. The second-order valence-corrected chi connectivity index (χ2v) is 12.4. The summed E-state index contributed by atoms with van der Waals surface area (Å²) in [6.07, 6.45) is 0.266. The minimum absolute atomic E-state index is 0.129. The number of hydrogen-bond donors (Lipinski definition) is 1. The molecule has 9 heteroatoms. The fourth-order valence-corrected chi connectivity index (χ4v) is 6.20. The van der Waals surface area contributed by atoms with Crippen molar-refractivity contribution in [2.24, 2.45) is 5.11 Å². The zero-order valence-electron chi connectivity index (χ0n) is 23.2. The first-order chi connectivity index (χ1) is 18.4. The highest BCUT2D eigenvalue weighted by atomic mass is 32.2. The molecule has 3 aromatic rings. The van der Waals surface area contributed by atoms with E-state index >= 15 is 0 Å². The van der Waals surface area contributed by atoms with Crippen LogP contribution in [0.4, 0.5) is 4.39 Å². The Bertz CT molecular complexity index is 1590. The van der Waals surface area contributed by atoms with Gasteiger partial charge in [-0.15, -0.1) is 0 Å². The molecule has 1 atom stereocenters. The fourth-order valence-electron chi connectivity index (χ4n) is 5.08. The van der Waals surface area contributed by atoms with Crippen molar-refractivity contribution in [1.29, 1.82) is 0 Å². The highest BCUT2D eigenvalue weighted by Gasteiger charge is 2.30. The lowest BCUT2D eigenvalue weighted by molar-refractivity contribution is 0.402. The lowest BCUT2D eigenvalue weighted by Gasteiger charge is -2.30. The van der Waals surface area contributed by atoms with Gasteiger partial charge in [0.05, 0.1) is 4.90 Å². The molecule has 39 heavy (non-hydrogen) atoms. The Kier molecular flexibility index (Phi) is 8.16. The molecule has 0 radical (unpaired) electrons. The molecule has 0 aliphatic heterocycles. The van der Waals surface area contributed by atoms with Gasteiger partial charge in [0.15, 0.2) is 0 Å². The number of benzene rings is 3. The number of halogens is 1. The van der Waals surface area contributed by atoms with Gasteiger partial charge in [0, 0.05) is 35.2 Å². The molecule has 0 saturated heterocycles. The number of fused-ring (bicyclic) bond motifs is 1. The Hall–Kier alpha value is -3.65. The van der Waals surface area contributed by atoms with E-state index < -0.39 is 10.0 Å². The van der Waals surface area contributed by atoms with Gasteiger partial charge in [-0.25, -0.2) is 12.8 Å². The average Bonchev–Trinajstić information content (AvgIpc) is 2.87. The van der Waals surface area contributed by atoms with Crippen LogP contribution in [0.25, 0.3) is 21.6 Å². The number of sulfonamides is 1. The molecule has 0 heterocycles. The molecule has 0 aromatic heterocycles. The first-order valence-electron chi connectivity index (χ1n) is 12.9. The molecule has 0 bridgehead atoms. The standard InChI is InChI=1S/C30H34FN5O2S/c1-18(2)25-13-23(22-10-7-19(3)28(31)15-22)14-26-20(4)30(33-35-32)29(16-27(25)26)34-39(37,38)24-11-8-21(9-12-24)17-36(5)6/h7-15,18,20,34H,16-17H2,1-6H3. The maximum absolute atomic E-state index is 14.4. The van der Waals surface area contributed by atoms with Crippen molar-refractivity contribution in [2.75, 3.05) is 14.1 Å². The summed E-state index contributed by atoms with van der Waals surface area (Å²) in [6.45, 7) is 8.47. The Morgan fingerprint density at radius 3 is 2.38 bits per heavy atom. The predicted molar refractivity (Wildman–Crippen MR) is 153 cm³/mol. The third kappa shape index (κ3) is 6.01. The number of hydrogen-bond acceptors (Lipinski definition) is 4. The second kappa shape index (κ2) is 11.2. The van der Waals surface area contributed by atoms with E-state index in [1.807, 2.05) is 38.1 Å².